The Morgan fingerprint density at radius 1 is 1.22 bits per heavy atom. The van der Waals surface area contributed by atoms with Gasteiger partial charge in [0.25, 0.3) is 0 Å². The number of aliphatic carboxylic acids is 1. The molecule has 1 atom stereocenters. The summed E-state index contributed by atoms with van der Waals surface area (Å²) < 4.78 is 5.67. The number of carbonyl (C=O) groups is 2. The third kappa shape index (κ3) is 8.24. The minimum Gasteiger partial charge on any atom is -0.494 e. The lowest BCUT2D eigenvalue weighted by Crippen LogP contribution is -2.22. The van der Waals surface area contributed by atoms with E-state index in [1.165, 1.54) is 0 Å². The number of carboxylic acids is 1. The van der Waals surface area contributed by atoms with E-state index in [1.807, 2.05) is 0 Å². The number of amides is 1. The minimum atomic E-state index is -0.980. The highest BCUT2D eigenvalue weighted by Gasteiger charge is 2.16. The van der Waals surface area contributed by atoms with E-state index in [0.717, 1.165) is 18.6 Å². The zero-order chi connectivity index (χ0) is 17.5. The molecule has 1 rings (SSSR count). The molecule has 0 fully saturated rings. The lowest BCUT2D eigenvalue weighted by molar-refractivity contribution is -0.139. The van der Waals surface area contributed by atoms with Crippen LogP contribution in [0.5, 0.6) is 5.75 Å². The van der Waals surface area contributed by atoms with Gasteiger partial charge in [-0.25, -0.2) is 0 Å². The summed E-state index contributed by atoms with van der Waals surface area (Å²) in [6.45, 7) is 8.87. The normalized spacial score (nSPS) is 12.5. The molecule has 23 heavy (non-hydrogen) atoms. The van der Waals surface area contributed by atoms with Gasteiger partial charge in [0.1, 0.15) is 5.75 Å². The second kappa shape index (κ2) is 8.56. The average molecular weight is 321 g/mol. The molecule has 0 radical (unpaired) electrons. The van der Waals surface area contributed by atoms with Gasteiger partial charge >= 0.3 is 5.97 Å². The van der Waals surface area contributed by atoms with Crippen LogP contribution in [-0.4, -0.2) is 23.6 Å². The number of anilines is 1. The van der Waals surface area contributed by atoms with Crippen LogP contribution < -0.4 is 10.1 Å². The third-order valence-corrected chi connectivity index (χ3v) is 3.39. The van der Waals surface area contributed by atoms with E-state index in [9.17, 15) is 9.59 Å². The number of carbonyl (C=O) groups excluding carboxylic acids is 1. The summed E-state index contributed by atoms with van der Waals surface area (Å²) in [5.41, 5.74) is 0.943. The number of benzene rings is 1. The summed E-state index contributed by atoms with van der Waals surface area (Å²) in [5.74, 6) is -1.09. The Balaban J connectivity index is 2.41. The molecule has 0 aliphatic rings. The van der Waals surface area contributed by atoms with Gasteiger partial charge in [-0.05, 0) is 42.5 Å². The summed E-state index contributed by atoms with van der Waals surface area (Å²) in [6.07, 6.45) is 1.91. The molecule has 1 amide bonds. The fourth-order valence-electron chi connectivity index (χ4n) is 2.05. The van der Waals surface area contributed by atoms with Crippen LogP contribution in [0.3, 0.4) is 0 Å². The zero-order valence-electron chi connectivity index (χ0n) is 14.4. The Kier molecular flexibility index (Phi) is 7.07. The van der Waals surface area contributed by atoms with Crippen molar-refractivity contribution >= 4 is 17.6 Å². The Labute approximate surface area is 138 Å². The van der Waals surface area contributed by atoms with Crippen molar-refractivity contribution in [1.29, 1.82) is 0 Å². The molecule has 0 aliphatic carbocycles. The fourth-order valence-corrected chi connectivity index (χ4v) is 2.05. The Hall–Kier alpha value is -2.04. The van der Waals surface area contributed by atoms with Crippen molar-refractivity contribution < 1.29 is 19.4 Å². The SMILES string of the molecule is C[C@@H](CC(=O)O)C(=O)Nc1ccc(OCCCC(C)(C)C)cc1. The molecule has 0 aromatic heterocycles. The first-order valence-electron chi connectivity index (χ1n) is 7.93. The van der Waals surface area contributed by atoms with Gasteiger partial charge in [0.2, 0.25) is 5.91 Å². The van der Waals surface area contributed by atoms with Crippen LogP contribution in [0.15, 0.2) is 24.3 Å². The number of carboxylic acid groups (broad SMARTS) is 1. The zero-order valence-corrected chi connectivity index (χ0v) is 14.4. The maximum absolute atomic E-state index is 11.8. The van der Waals surface area contributed by atoms with Crippen molar-refractivity contribution in [3.63, 3.8) is 0 Å². The van der Waals surface area contributed by atoms with Crippen molar-refractivity contribution in [3.05, 3.63) is 24.3 Å². The van der Waals surface area contributed by atoms with Crippen LogP contribution in [-0.2, 0) is 9.59 Å². The Bertz CT molecular complexity index is 517. The third-order valence-electron chi connectivity index (χ3n) is 3.39. The molecule has 2 N–H and O–H groups in total. The van der Waals surface area contributed by atoms with E-state index in [-0.39, 0.29) is 12.3 Å². The van der Waals surface area contributed by atoms with Gasteiger partial charge in [-0.15, -0.1) is 0 Å². The number of hydrogen-bond donors (Lipinski definition) is 2. The molecular formula is C18H27NO4. The van der Waals surface area contributed by atoms with Crippen LogP contribution in [0.2, 0.25) is 0 Å². The molecule has 0 aliphatic heterocycles. The van der Waals surface area contributed by atoms with E-state index in [0.29, 0.717) is 17.7 Å². The van der Waals surface area contributed by atoms with Crippen molar-refractivity contribution in [2.24, 2.45) is 11.3 Å². The van der Waals surface area contributed by atoms with Crippen LogP contribution >= 0.6 is 0 Å². The molecule has 0 unspecified atom stereocenters. The first-order valence-corrected chi connectivity index (χ1v) is 7.93. The Morgan fingerprint density at radius 3 is 2.35 bits per heavy atom. The van der Waals surface area contributed by atoms with Crippen molar-refractivity contribution in [3.8, 4) is 5.75 Å². The Morgan fingerprint density at radius 2 is 1.83 bits per heavy atom. The average Bonchev–Trinajstić information content (AvgIpc) is 2.43. The molecular weight excluding hydrogens is 294 g/mol. The highest BCUT2D eigenvalue weighted by Crippen LogP contribution is 2.21. The predicted octanol–water partition coefficient (Wildman–Crippen LogP) is 3.94. The quantitative estimate of drug-likeness (QED) is 0.711. The van der Waals surface area contributed by atoms with Crippen LogP contribution in [0.25, 0.3) is 0 Å². The predicted molar refractivity (Wildman–Crippen MR) is 90.7 cm³/mol. The number of rotatable bonds is 8. The molecule has 0 heterocycles. The summed E-state index contributed by atoms with van der Waals surface area (Å²) in [4.78, 5) is 22.4. The molecule has 1 aromatic rings. The first-order chi connectivity index (χ1) is 10.7. The molecule has 0 bridgehead atoms. The summed E-state index contributed by atoms with van der Waals surface area (Å²) in [6, 6.07) is 7.11. The van der Waals surface area contributed by atoms with Gasteiger partial charge < -0.3 is 15.2 Å². The van der Waals surface area contributed by atoms with Crippen molar-refractivity contribution in [2.45, 2.75) is 47.0 Å². The van der Waals surface area contributed by atoms with Crippen LogP contribution in [0.4, 0.5) is 5.69 Å². The van der Waals surface area contributed by atoms with E-state index >= 15 is 0 Å². The molecule has 0 saturated carbocycles. The first kappa shape index (κ1) is 19.0. The smallest absolute Gasteiger partial charge is 0.304 e. The molecule has 0 spiro atoms. The van der Waals surface area contributed by atoms with Gasteiger partial charge in [-0.1, -0.05) is 27.7 Å². The molecule has 128 valence electrons. The van der Waals surface area contributed by atoms with E-state index in [2.05, 4.69) is 26.1 Å². The van der Waals surface area contributed by atoms with Crippen LogP contribution in [0, 0.1) is 11.3 Å². The number of ether oxygens (including phenoxy) is 1. The van der Waals surface area contributed by atoms with Crippen molar-refractivity contribution in [1.82, 2.24) is 0 Å². The molecule has 0 saturated heterocycles. The highest BCUT2D eigenvalue weighted by atomic mass is 16.5. The monoisotopic (exact) mass is 321 g/mol. The second-order valence-electron chi connectivity index (χ2n) is 7.03. The molecule has 5 heteroatoms. The summed E-state index contributed by atoms with van der Waals surface area (Å²) >= 11 is 0. The summed E-state index contributed by atoms with van der Waals surface area (Å²) in [7, 11) is 0. The van der Waals surface area contributed by atoms with E-state index < -0.39 is 11.9 Å². The van der Waals surface area contributed by atoms with Gasteiger partial charge in [-0.3, -0.25) is 9.59 Å². The topological polar surface area (TPSA) is 75.6 Å². The maximum Gasteiger partial charge on any atom is 0.304 e. The number of nitrogens with one attached hydrogen (secondary N) is 1. The van der Waals surface area contributed by atoms with E-state index in [1.54, 1.807) is 31.2 Å². The van der Waals surface area contributed by atoms with E-state index in [4.69, 9.17) is 9.84 Å². The summed E-state index contributed by atoms with van der Waals surface area (Å²) in [5, 5.41) is 11.4. The lowest BCUT2D eigenvalue weighted by Gasteiger charge is -2.17. The molecule has 5 nitrogen and oxygen atoms in total. The maximum atomic E-state index is 11.8. The van der Waals surface area contributed by atoms with Gasteiger partial charge in [0, 0.05) is 11.6 Å². The minimum absolute atomic E-state index is 0.180. The van der Waals surface area contributed by atoms with Gasteiger partial charge in [-0.2, -0.15) is 0 Å². The van der Waals surface area contributed by atoms with Crippen LogP contribution in [0.1, 0.15) is 47.0 Å². The second-order valence-corrected chi connectivity index (χ2v) is 7.03. The fraction of sp³-hybridized carbons (Fsp3) is 0.556. The number of hydrogen-bond acceptors (Lipinski definition) is 3. The lowest BCUT2D eigenvalue weighted by atomic mass is 9.91. The largest absolute Gasteiger partial charge is 0.494 e. The standard InChI is InChI=1S/C18H27NO4/c1-13(12-16(20)21)17(22)19-14-6-8-15(9-7-14)23-11-5-10-18(2,3)4/h6-9,13H,5,10-12H2,1-4H3,(H,19,22)(H,20,21)/t13-/m0/s1. The van der Waals surface area contributed by atoms with Gasteiger partial charge in [0.05, 0.1) is 13.0 Å². The molecule has 1 aromatic carbocycles. The highest BCUT2D eigenvalue weighted by molar-refractivity contribution is 5.94. The van der Waals surface area contributed by atoms with Gasteiger partial charge in [0.15, 0.2) is 0 Å². The van der Waals surface area contributed by atoms with Crippen molar-refractivity contribution in [2.75, 3.05) is 11.9 Å².